The van der Waals surface area contributed by atoms with Gasteiger partial charge in [0.15, 0.2) is 0 Å². The van der Waals surface area contributed by atoms with E-state index in [-0.39, 0.29) is 0 Å². The van der Waals surface area contributed by atoms with E-state index >= 15 is 0 Å². The van der Waals surface area contributed by atoms with Crippen molar-refractivity contribution in [2.45, 2.75) is 122 Å². The van der Waals surface area contributed by atoms with Crippen molar-refractivity contribution in [3.05, 3.63) is 0 Å². The maximum atomic E-state index is 9.09. The van der Waals surface area contributed by atoms with Gasteiger partial charge in [-0.05, 0) is 26.0 Å². The number of aliphatic hydroxyl groups excluding tert-OH is 1. The summed E-state index contributed by atoms with van der Waals surface area (Å²) in [4.78, 5) is -0.500. The largest absolute Gasteiger partial charge is 0.396 e. The van der Waals surface area contributed by atoms with Crippen LogP contribution in [0.1, 0.15) is 117 Å². The van der Waals surface area contributed by atoms with Gasteiger partial charge in [0, 0.05) is 6.61 Å². The smallest absolute Gasteiger partial charge is 0.107 e. The average Bonchev–Trinajstić information content (AvgIpc) is 2.59. The highest BCUT2D eigenvalue weighted by atomic mass is 32.2. The van der Waals surface area contributed by atoms with E-state index in [0.29, 0.717) is 6.61 Å². The van der Waals surface area contributed by atoms with Crippen molar-refractivity contribution < 1.29 is 10.2 Å². The third kappa shape index (κ3) is 24.5. The molecule has 0 aromatic rings. The Labute approximate surface area is 157 Å². The first-order chi connectivity index (χ1) is 11.5. The Morgan fingerprint density at radius 3 is 1.21 bits per heavy atom. The van der Waals surface area contributed by atoms with Crippen LogP contribution in [0.2, 0.25) is 0 Å². The van der Waals surface area contributed by atoms with Crippen LogP contribution in [0.5, 0.6) is 0 Å². The molecule has 0 aliphatic rings. The number of hydrogen-bond donors (Lipinski definition) is 2. The van der Waals surface area contributed by atoms with Crippen molar-refractivity contribution in [2.24, 2.45) is 0 Å². The summed E-state index contributed by atoms with van der Waals surface area (Å²) in [6, 6.07) is 0. The van der Waals surface area contributed by atoms with E-state index in [0.717, 1.165) is 12.8 Å². The molecule has 0 aromatic heterocycles. The Morgan fingerprint density at radius 1 is 0.667 bits per heavy atom. The normalized spacial score (nSPS) is 13.2. The molecule has 1 unspecified atom stereocenters. The SMILES string of the molecule is CCC(C)(O)SC.CCCCCCCCCCCCCCCCO. The predicted molar refractivity (Wildman–Crippen MR) is 112 cm³/mol. The second-order valence-corrected chi connectivity index (χ2v) is 8.34. The highest BCUT2D eigenvalue weighted by Crippen LogP contribution is 2.20. The van der Waals surface area contributed by atoms with Crippen LogP contribution in [0, 0.1) is 0 Å². The monoisotopic (exact) mass is 362 g/mol. The fourth-order valence-electron chi connectivity index (χ4n) is 2.45. The van der Waals surface area contributed by atoms with Crippen molar-refractivity contribution in [1.82, 2.24) is 0 Å². The van der Waals surface area contributed by atoms with Gasteiger partial charge in [-0.3, -0.25) is 0 Å². The molecule has 0 aliphatic heterocycles. The molecule has 0 fully saturated rings. The molecule has 0 saturated heterocycles. The van der Waals surface area contributed by atoms with Crippen molar-refractivity contribution in [3.63, 3.8) is 0 Å². The molecule has 0 bridgehead atoms. The maximum absolute atomic E-state index is 9.09. The summed E-state index contributed by atoms with van der Waals surface area (Å²) in [7, 11) is 0. The van der Waals surface area contributed by atoms with Gasteiger partial charge in [-0.15, -0.1) is 11.8 Å². The van der Waals surface area contributed by atoms with Gasteiger partial charge in [0.05, 0.1) is 0 Å². The highest BCUT2D eigenvalue weighted by molar-refractivity contribution is 7.99. The lowest BCUT2D eigenvalue weighted by atomic mass is 10.0. The van der Waals surface area contributed by atoms with Crippen molar-refractivity contribution >= 4 is 11.8 Å². The first kappa shape index (κ1) is 26.5. The van der Waals surface area contributed by atoms with E-state index in [9.17, 15) is 0 Å². The molecular formula is C21H46O2S. The minimum absolute atomic E-state index is 0.373. The molecule has 2 nitrogen and oxygen atoms in total. The number of hydrogen-bond acceptors (Lipinski definition) is 3. The van der Waals surface area contributed by atoms with E-state index < -0.39 is 4.93 Å². The minimum atomic E-state index is -0.500. The second-order valence-electron chi connectivity index (χ2n) is 7.05. The van der Waals surface area contributed by atoms with E-state index in [4.69, 9.17) is 10.2 Å². The molecule has 0 saturated carbocycles. The summed E-state index contributed by atoms with van der Waals surface area (Å²) < 4.78 is 0. The molecule has 0 rings (SSSR count). The van der Waals surface area contributed by atoms with Crippen molar-refractivity contribution in [1.29, 1.82) is 0 Å². The van der Waals surface area contributed by atoms with Gasteiger partial charge >= 0.3 is 0 Å². The first-order valence-corrected chi connectivity index (χ1v) is 11.6. The topological polar surface area (TPSA) is 40.5 Å². The maximum Gasteiger partial charge on any atom is 0.107 e. The lowest BCUT2D eigenvalue weighted by molar-refractivity contribution is 0.154. The molecule has 0 aliphatic carbocycles. The van der Waals surface area contributed by atoms with E-state index in [1.165, 1.54) is 95.2 Å². The van der Waals surface area contributed by atoms with Gasteiger partial charge in [-0.25, -0.2) is 0 Å². The Bertz CT molecular complexity index is 200. The summed E-state index contributed by atoms with van der Waals surface area (Å²) in [5.74, 6) is 0. The number of rotatable bonds is 16. The number of aliphatic hydroxyl groups is 2. The molecule has 3 heteroatoms. The van der Waals surface area contributed by atoms with Crippen LogP contribution in [0.15, 0.2) is 0 Å². The van der Waals surface area contributed by atoms with Crippen LogP contribution in [0.25, 0.3) is 0 Å². The lowest BCUT2D eigenvalue weighted by Gasteiger charge is -2.16. The van der Waals surface area contributed by atoms with Crippen LogP contribution < -0.4 is 0 Å². The van der Waals surface area contributed by atoms with E-state index in [2.05, 4.69) is 6.92 Å². The zero-order chi connectivity index (χ0) is 18.5. The van der Waals surface area contributed by atoms with Crippen LogP contribution in [-0.2, 0) is 0 Å². The van der Waals surface area contributed by atoms with Crippen LogP contribution in [-0.4, -0.2) is 28.0 Å². The van der Waals surface area contributed by atoms with Gasteiger partial charge in [0.1, 0.15) is 4.93 Å². The zero-order valence-electron chi connectivity index (χ0n) is 17.1. The Morgan fingerprint density at radius 2 is 1.00 bits per heavy atom. The molecule has 0 spiro atoms. The quantitative estimate of drug-likeness (QED) is 0.231. The Balaban J connectivity index is 0. The van der Waals surface area contributed by atoms with Crippen LogP contribution in [0.3, 0.4) is 0 Å². The van der Waals surface area contributed by atoms with Crippen molar-refractivity contribution in [3.8, 4) is 0 Å². The van der Waals surface area contributed by atoms with Crippen LogP contribution >= 0.6 is 11.8 Å². The predicted octanol–water partition coefficient (Wildman–Crippen LogP) is 6.93. The zero-order valence-corrected chi connectivity index (χ0v) is 17.9. The van der Waals surface area contributed by atoms with E-state index in [1.807, 2.05) is 20.1 Å². The second kappa shape index (κ2) is 21.3. The lowest BCUT2D eigenvalue weighted by Crippen LogP contribution is -2.15. The van der Waals surface area contributed by atoms with Crippen molar-refractivity contribution in [2.75, 3.05) is 12.9 Å². The molecule has 148 valence electrons. The molecule has 24 heavy (non-hydrogen) atoms. The molecular weight excluding hydrogens is 316 g/mol. The molecule has 0 radical (unpaired) electrons. The third-order valence-electron chi connectivity index (χ3n) is 4.61. The Hall–Kier alpha value is 0.270. The number of unbranched alkanes of at least 4 members (excludes halogenated alkanes) is 13. The third-order valence-corrected chi connectivity index (χ3v) is 5.78. The Kier molecular flexibility index (Phi) is 23.5. The summed E-state index contributed by atoms with van der Waals surface area (Å²) in [5.41, 5.74) is 0. The van der Waals surface area contributed by atoms with Gasteiger partial charge in [-0.2, -0.15) is 0 Å². The van der Waals surface area contributed by atoms with Gasteiger partial charge in [0.25, 0.3) is 0 Å². The minimum Gasteiger partial charge on any atom is -0.396 e. The fourth-order valence-corrected chi connectivity index (χ4v) is 2.74. The summed E-state index contributed by atoms with van der Waals surface area (Å²) >= 11 is 1.48. The first-order valence-electron chi connectivity index (χ1n) is 10.4. The molecule has 0 heterocycles. The summed E-state index contributed by atoms with van der Waals surface area (Å²) in [6.45, 7) is 6.44. The summed E-state index contributed by atoms with van der Waals surface area (Å²) in [5, 5.41) is 17.7. The molecule has 0 amide bonds. The van der Waals surface area contributed by atoms with Crippen LogP contribution in [0.4, 0.5) is 0 Å². The summed E-state index contributed by atoms with van der Waals surface area (Å²) in [6.07, 6.45) is 21.9. The molecule has 0 aromatic carbocycles. The molecule has 1 atom stereocenters. The standard InChI is InChI=1S/C16H34O.C5H12OS/c1-2-3-4-5-6-7-8-9-10-11-12-13-14-15-16-17;1-4-5(2,6)7-3/h17H,2-16H2,1H3;6H,4H2,1-3H3. The number of thioether (sulfide) groups is 1. The van der Waals surface area contributed by atoms with E-state index in [1.54, 1.807) is 0 Å². The van der Waals surface area contributed by atoms with Gasteiger partial charge in [0.2, 0.25) is 0 Å². The fraction of sp³-hybridized carbons (Fsp3) is 1.00. The average molecular weight is 363 g/mol. The van der Waals surface area contributed by atoms with Gasteiger partial charge in [-0.1, -0.05) is 97.3 Å². The molecule has 2 N–H and O–H groups in total. The highest BCUT2D eigenvalue weighted by Gasteiger charge is 2.13. The van der Waals surface area contributed by atoms with Gasteiger partial charge < -0.3 is 10.2 Å².